The molecule has 2 rings (SSSR count). The van der Waals surface area contributed by atoms with Gasteiger partial charge in [0.05, 0.1) is 25.4 Å². The number of amides is 2. The van der Waals surface area contributed by atoms with Crippen molar-refractivity contribution in [2.24, 2.45) is 11.3 Å². The van der Waals surface area contributed by atoms with Crippen molar-refractivity contribution in [2.45, 2.75) is 32.4 Å². The Morgan fingerprint density at radius 3 is 2.75 bits per heavy atom. The first-order chi connectivity index (χ1) is 9.34. The number of nitrogens with one attached hydrogen (secondary N) is 1. The van der Waals surface area contributed by atoms with E-state index < -0.39 is 23.5 Å². The number of aliphatic hydroxyl groups excluding tert-OH is 1. The summed E-state index contributed by atoms with van der Waals surface area (Å²) in [7, 11) is 0. The van der Waals surface area contributed by atoms with Crippen molar-refractivity contribution in [3.63, 3.8) is 0 Å². The molecule has 2 fully saturated rings. The summed E-state index contributed by atoms with van der Waals surface area (Å²) in [6.45, 7) is 4.66. The molecular weight excluding hydrogens is 264 g/mol. The van der Waals surface area contributed by atoms with Crippen LogP contribution in [0.25, 0.3) is 0 Å². The Balaban J connectivity index is 1.96. The number of carboxylic acid groups (broad SMARTS) is 1. The maximum Gasteiger partial charge on any atom is 0.317 e. The summed E-state index contributed by atoms with van der Waals surface area (Å²) in [5.74, 6) is -0.800. The van der Waals surface area contributed by atoms with E-state index >= 15 is 0 Å². The van der Waals surface area contributed by atoms with Crippen LogP contribution < -0.4 is 5.32 Å². The molecule has 4 unspecified atom stereocenters. The van der Waals surface area contributed by atoms with Gasteiger partial charge >= 0.3 is 12.0 Å². The van der Waals surface area contributed by atoms with Gasteiger partial charge < -0.3 is 25.2 Å². The maximum absolute atomic E-state index is 12.2. The largest absolute Gasteiger partial charge is 0.481 e. The van der Waals surface area contributed by atoms with Gasteiger partial charge in [0.2, 0.25) is 0 Å². The van der Waals surface area contributed by atoms with Crippen LogP contribution in [-0.2, 0) is 9.53 Å². The highest BCUT2D eigenvalue weighted by Crippen LogP contribution is 2.29. The third kappa shape index (κ3) is 2.73. The van der Waals surface area contributed by atoms with Gasteiger partial charge in [0.25, 0.3) is 0 Å². The average molecular weight is 286 g/mol. The van der Waals surface area contributed by atoms with E-state index in [0.29, 0.717) is 6.54 Å². The summed E-state index contributed by atoms with van der Waals surface area (Å²) in [5.41, 5.74) is -1.10. The van der Waals surface area contributed by atoms with E-state index in [-0.39, 0.29) is 31.7 Å². The molecule has 0 saturated carbocycles. The van der Waals surface area contributed by atoms with E-state index in [2.05, 4.69) is 5.32 Å². The summed E-state index contributed by atoms with van der Waals surface area (Å²) in [5, 5.41) is 21.8. The summed E-state index contributed by atoms with van der Waals surface area (Å²) >= 11 is 0. The van der Waals surface area contributed by atoms with E-state index in [1.54, 1.807) is 6.92 Å². The average Bonchev–Trinajstić information content (AvgIpc) is 2.75. The van der Waals surface area contributed by atoms with Gasteiger partial charge in [-0.2, -0.15) is 0 Å². The zero-order valence-electron chi connectivity index (χ0n) is 11.8. The van der Waals surface area contributed by atoms with Crippen molar-refractivity contribution in [3.8, 4) is 0 Å². The molecule has 2 aliphatic rings. The van der Waals surface area contributed by atoms with Gasteiger partial charge in [-0.3, -0.25) is 4.79 Å². The molecule has 114 valence electrons. The first-order valence-electron chi connectivity index (χ1n) is 6.89. The molecule has 7 heteroatoms. The lowest BCUT2D eigenvalue weighted by Gasteiger charge is -2.36. The molecule has 0 radical (unpaired) electrons. The molecule has 0 aromatic carbocycles. The summed E-state index contributed by atoms with van der Waals surface area (Å²) in [6, 6.07) is -0.886. The maximum atomic E-state index is 12.2. The van der Waals surface area contributed by atoms with Gasteiger partial charge in [-0.15, -0.1) is 0 Å². The lowest BCUT2D eigenvalue weighted by molar-refractivity contribution is -0.148. The number of piperidine rings is 1. The molecule has 2 heterocycles. The molecule has 0 aromatic rings. The lowest BCUT2D eigenvalue weighted by atomic mass is 9.85. The van der Waals surface area contributed by atoms with Crippen molar-refractivity contribution in [2.75, 3.05) is 26.3 Å². The quantitative estimate of drug-likeness (QED) is 0.658. The first-order valence-corrected chi connectivity index (χ1v) is 6.89. The Labute approximate surface area is 117 Å². The predicted octanol–water partition coefficient (Wildman–Crippen LogP) is -0.112. The highest BCUT2D eigenvalue weighted by Gasteiger charge is 2.47. The summed E-state index contributed by atoms with van der Waals surface area (Å²) in [6.07, 6.45) is 0.214. The number of β-amino-alcohol motifs (C(OH)–C–C–N with tert-alkyl or cyclic N) is 1. The Hall–Kier alpha value is -1.34. The molecule has 2 aliphatic heterocycles. The third-order valence-electron chi connectivity index (χ3n) is 4.45. The molecule has 0 aliphatic carbocycles. The van der Waals surface area contributed by atoms with Gasteiger partial charge in [-0.1, -0.05) is 6.92 Å². The smallest absolute Gasteiger partial charge is 0.317 e. The Morgan fingerprint density at radius 1 is 1.45 bits per heavy atom. The number of aliphatic carboxylic acids is 1. The Morgan fingerprint density at radius 2 is 2.15 bits per heavy atom. The number of ether oxygens (including phenoxy) is 1. The van der Waals surface area contributed by atoms with Crippen LogP contribution in [0.1, 0.15) is 20.3 Å². The second kappa shape index (κ2) is 5.57. The van der Waals surface area contributed by atoms with Gasteiger partial charge in [-0.05, 0) is 19.3 Å². The number of carbonyl (C=O) groups is 2. The van der Waals surface area contributed by atoms with Gasteiger partial charge in [0.1, 0.15) is 5.41 Å². The minimum atomic E-state index is -1.10. The van der Waals surface area contributed by atoms with Crippen molar-refractivity contribution in [1.82, 2.24) is 10.2 Å². The second-order valence-electron chi connectivity index (χ2n) is 6.02. The fourth-order valence-electron chi connectivity index (χ4n) is 2.56. The third-order valence-corrected chi connectivity index (χ3v) is 4.45. The number of carboxylic acids is 1. The molecule has 3 N–H and O–H groups in total. The van der Waals surface area contributed by atoms with Gasteiger partial charge in [-0.25, -0.2) is 4.79 Å². The van der Waals surface area contributed by atoms with E-state index in [9.17, 15) is 19.8 Å². The Kier molecular flexibility index (Phi) is 4.19. The molecule has 0 bridgehead atoms. The van der Waals surface area contributed by atoms with Gasteiger partial charge in [0.15, 0.2) is 0 Å². The second-order valence-corrected chi connectivity index (χ2v) is 6.02. The molecular formula is C13H22N2O5. The Bertz CT molecular complexity index is 402. The lowest BCUT2D eigenvalue weighted by Crippen LogP contribution is -2.56. The van der Waals surface area contributed by atoms with Gasteiger partial charge in [0, 0.05) is 13.1 Å². The molecule has 0 aromatic heterocycles. The topological polar surface area (TPSA) is 99.1 Å². The zero-order chi connectivity index (χ0) is 14.9. The van der Waals surface area contributed by atoms with Crippen molar-refractivity contribution < 1.29 is 24.5 Å². The highest BCUT2D eigenvalue weighted by molar-refractivity contribution is 5.79. The summed E-state index contributed by atoms with van der Waals surface area (Å²) < 4.78 is 5.20. The molecule has 2 amide bonds. The fraction of sp³-hybridized carbons (Fsp3) is 0.846. The van der Waals surface area contributed by atoms with Crippen LogP contribution in [0.3, 0.4) is 0 Å². The zero-order valence-corrected chi connectivity index (χ0v) is 11.8. The van der Waals surface area contributed by atoms with Crippen LogP contribution >= 0.6 is 0 Å². The van der Waals surface area contributed by atoms with Crippen LogP contribution in [-0.4, -0.2) is 65.6 Å². The number of carbonyl (C=O) groups excluding carboxylic acids is 1. The minimum Gasteiger partial charge on any atom is -0.481 e. The molecule has 20 heavy (non-hydrogen) atoms. The van der Waals surface area contributed by atoms with Crippen molar-refractivity contribution in [1.29, 1.82) is 0 Å². The molecule has 2 saturated heterocycles. The van der Waals surface area contributed by atoms with Crippen LogP contribution in [0.15, 0.2) is 0 Å². The first kappa shape index (κ1) is 15.1. The molecule has 4 atom stereocenters. The summed E-state index contributed by atoms with van der Waals surface area (Å²) in [4.78, 5) is 25.0. The minimum absolute atomic E-state index is 0.0902. The van der Waals surface area contributed by atoms with Crippen molar-refractivity contribution in [3.05, 3.63) is 0 Å². The number of hydrogen-bond acceptors (Lipinski definition) is 4. The van der Waals surface area contributed by atoms with Crippen LogP contribution in [0.4, 0.5) is 4.79 Å². The predicted molar refractivity (Wildman–Crippen MR) is 70.2 cm³/mol. The number of rotatable bonds is 2. The SMILES string of the molecule is CC1CCN(C(=O)NC2COCC2(C)C(=O)O)CC1O. The van der Waals surface area contributed by atoms with Crippen LogP contribution in [0, 0.1) is 11.3 Å². The number of aliphatic hydroxyl groups is 1. The molecule has 0 spiro atoms. The van der Waals surface area contributed by atoms with Crippen LogP contribution in [0.5, 0.6) is 0 Å². The van der Waals surface area contributed by atoms with Crippen molar-refractivity contribution >= 4 is 12.0 Å². The molecule has 7 nitrogen and oxygen atoms in total. The standard InChI is InChI=1S/C13H22N2O5/c1-8-3-4-15(5-9(8)16)12(19)14-10-6-20-7-13(10,2)11(17)18/h8-10,16H,3-7H2,1-2H3,(H,14,19)(H,17,18). The monoisotopic (exact) mass is 286 g/mol. The van der Waals surface area contributed by atoms with E-state index in [0.717, 1.165) is 6.42 Å². The fourth-order valence-corrected chi connectivity index (χ4v) is 2.56. The normalized spacial score (nSPS) is 37.8. The number of nitrogens with zero attached hydrogens (tertiary/aromatic N) is 1. The van der Waals surface area contributed by atoms with E-state index in [1.165, 1.54) is 4.90 Å². The van der Waals surface area contributed by atoms with Crippen LogP contribution in [0.2, 0.25) is 0 Å². The number of urea groups is 1. The number of likely N-dealkylation sites (tertiary alicyclic amines) is 1. The van der Waals surface area contributed by atoms with E-state index in [1.807, 2.05) is 6.92 Å². The number of hydrogen-bond donors (Lipinski definition) is 3. The van der Waals surface area contributed by atoms with E-state index in [4.69, 9.17) is 4.74 Å². The highest BCUT2D eigenvalue weighted by atomic mass is 16.5.